The Morgan fingerprint density at radius 2 is 2.06 bits per heavy atom. The van der Waals surface area contributed by atoms with Crippen LogP contribution in [0.3, 0.4) is 0 Å². The average Bonchev–Trinajstić information content (AvgIpc) is 2.83. The number of rotatable bonds is 3. The summed E-state index contributed by atoms with van der Waals surface area (Å²) in [4.78, 5) is 0. The molecule has 1 saturated carbocycles. The number of hydrogen-bond donors (Lipinski definition) is 1. The van der Waals surface area contributed by atoms with Crippen LogP contribution in [0.4, 0.5) is 0 Å². The topological polar surface area (TPSA) is 12.0 Å². The van der Waals surface area contributed by atoms with Crippen LogP contribution in [0.25, 0.3) is 10.1 Å². The number of benzene rings is 1. The summed E-state index contributed by atoms with van der Waals surface area (Å²) in [7, 11) is 2.12. The third-order valence-corrected chi connectivity index (χ3v) is 5.34. The molecule has 0 bridgehead atoms. The van der Waals surface area contributed by atoms with E-state index in [0.29, 0.717) is 0 Å². The van der Waals surface area contributed by atoms with Crippen molar-refractivity contribution in [2.24, 2.45) is 5.92 Å². The molecule has 0 radical (unpaired) electrons. The number of nitrogens with one attached hydrogen (secondary N) is 1. The average molecular weight is 259 g/mol. The van der Waals surface area contributed by atoms with Gasteiger partial charge in [0.2, 0.25) is 0 Å². The Kier molecular flexibility index (Phi) is 3.67. The van der Waals surface area contributed by atoms with Gasteiger partial charge in [-0.25, -0.2) is 0 Å². The minimum atomic E-state index is 0.720. The minimum absolute atomic E-state index is 0.720. The zero-order valence-corrected chi connectivity index (χ0v) is 11.8. The molecule has 2 aromatic rings. The van der Waals surface area contributed by atoms with Crippen LogP contribution in [0.15, 0.2) is 29.6 Å². The molecule has 2 atom stereocenters. The first-order chi connectivity index (χ1) is 8.88. The summed E-state index contributed by atoms with van der Waals surface area (Å²) in [6.07, 6.45) is 6.78. The summed E-state index contributed by atoms with van der Waals surface area (Å²) in [6.45, 7) is 0. The third-order valence-electron chi connectivity index (χ3n) is 4.32. The van der Waals surface area contributed by atoms with Crippen molar-refractivity contribution in [2.75, 3.05) is 7.05 Å². The number of hydrogen-bond acceptors (Lipinski definition) is 2. The molecule has 1 aliphatic carbocycles. The van der Waals surface area contributed by atoms with Crippen LogP contribution in [0, 0.1) is 5.92 Å². The lowest BCUT2D eigenvalue weighted by atomic mass is 9.81. The van der Waals surface area contributed by atoms with E-state index in [9.17, 15) is 0 Å². The summed E-state index contributed by atoms with van der Waals surface area (Å²) >= 11 is 1.89. The molecule has 1 heterocycles. The van der Waals surface area contributed by atoms with Crippen LogP contribution in [0.5, 0.6) is 0 Å². The van der Waals surface area contributed by atoms with Crippen molar-refractivity contribution in [1.29, 1.82) is 0 Å². The van der Waals surface area contributed by atoms with Gasteiger partial charge < -0.3 is 5.32 Å². The standard InChI is InChI=1S/C16H21NS/c1-17-15-8-4-2-6-12(15)10-13-11-18-16-9-5-3-7-14(13)16/h3,5,7,9,11-12,15,17H,2,4,6,8,10H2,1H3. The molecule has 3 rings (SSSR count). The van der Waals surface area contributed by atoms with E-state index in [1.165, 1.54) is 42.2 Å². The van der Waals surface area contributed by atoms with E-state index in [1.807, 2.05) is 11.3 Å². The number of fused-ring (bicyclic) bond motifs is 1. The molecule has 18 heavy (non-hydrogen) atoms. The van der Waals surface area contributed by atoms with Crippen LogP contribution < -0.4 is 5.32 Å². The highest BCUT2D eigenvalue weighted by molar-refractivity contribution is 7.17. The molecule has 1 aromatic heterocycles. The van der Waals surface area contributed by atoms with Crippen LogP contribution >= 0.6 is 11.3 Å². The second kappa shape index (κ2) is 5.41. The summed E-state index contributed by atoms with van der Waals surface area (Å²) in [5.74, 6) is 0.821. The highest BCUT2D eigenvalue weighted by Crippen LogP contribution is 2.32. The second-order valence-corrected chi connectivity index (χ2v) is 6.31. The Morgan fingerprint density at radius 3 is 2.94 bits per heavy atom. The van der Waals surface area contributed by atoms with Gasteiger partial charge >= 0.3 is 0 Å². The Bertz CT molecular complexity index is 517. The van der Waals surface area contributed by atoms with Crippen LogP contribution in [0.2, 0.25) is 0 Å². The summed E-state index contributed by atoms with van der Waals surface area (Å²) in [5, 5.41) is 7.36. The highest BCUT2D eigenvalue weighted by atomic mass is 32.1. The molecule has 1 aliphatic rings. The Labute approximate surface area is 113 Å². The van der Waals surface area contributed by atoms with Gasteiger partial charge in [0.15, 0.2) is 0 Å². The molecule has 1 aromatic carbocycles. The van der Waals surface area contributed by atoms with Gasteiger partial charge in [0.25, 0.3) is 0 Å². The van der Waals surface area contributed by atoms with Crippen molar-refractivity contribution < 1.29 is 0 Å². The molecule has 2 heteroatoms. The fraction of sp³-hybridized carbons (Fsp3) is 0.500. The fourth-order valence-corrected chi connectivity index (χ4v) is 4.28. The zero-order chi connectivity index (χ0) is 12.4. The van der Waals surface area contributed by atoms with Crippen molar-refractivity contribution in [1.82, 2.24) is 5.32 Å². The maximum absolute atomic E-state index is 3.52. The van der Waals surface area contributed by atoms with Crippen LogP contribution in [-0.2, 0) is 6.42 Å². The monoisotopic (exact) mass is 259 g/mol. The van der Waals surface area contributed by atoms with Gasteiger partial charge in [-0.05, 0) is 54.6 Å². The van der Waals surface area contributed by atoms with Crippen molar-refractivity contribution in [3.8, 4) is 0 Å². The molecule has 0 spiro atoms. The predicted molar refractivity (Wildman–Crippen MR) is 80.3 cm³/mol. The molecule has 0 amide bonds. The first-order valence-electron chi connectivity index (χ1n) is 7.01. The van der Waals surface area contributed by atoms with Gasteiger partial charge in [-0.3, -0.25) is 0 Å². The first-order valence-corrected chi connectivity index (χ1v) is 7.89. The smallest absolute Gasteiger partial charge is 0.0345 e. The van der Waals surface area contributed by atoms with Gasteiger partial charge in [-0.15, -0.1) is 11.3 Å². The lowest BCUT2D eigenvalue weighted by Gasteiger charge is -2.31. The Hall–Kier alpha value is -0.860. The summed E-state index contributed by atoms with van der Waals surface area (Å²) in [5.41, 5.74) is 1.56. The Balaban J connectivity index is 1.82. The lowest BCUT2D eigenvalue weighted by molar-refractivity contribution is 0.273. The van der Waals surface area contributed by atoms with E-state index in [4.69, 9.17) is 0 Å². The van der Waals surface area contributed by atoms with Gasteiger partial charge in [-0.2, -0.15) is 0 Å². The first kappa shape index (κ1) is 12.2. The molecular formula is C16H21NS. The minimum Gasteiger partial charge on any atom is -0.317 e. The number of thiophene rings is 1. The molecule has 96 valence electrons. The van der Waals surface area contributed by atoms with Crippen molar-refractivity contribution in [3.05, 3.63) is 35.2 Å². The Morgan fingerprint density at radius 1 is 1.22 bits per heavy atom. The van der Waals surface area contributed by atoms with E-state index in [-0.39, 0.29) is 0 Å². The molecule has 1 fully saturated rings. The van der Waals surface area contributed by atoms with Crippen LogP contribution in [-0.4, -0.2) is 13.1 Å². The van der Waals surface area contributed by atoms with Crippen molar-refractivity contribution in [3.63, 3.8) is 0 Å². The maximum atomic E-state index is 3.52. The lowest BCUT2D eigenvalue weighted by Crippen LogP contribution is -2.37. The maximum Gasteiger partial charge on any atom is 0.0345 e. The molecule has 1 N–H and O–H groups in total. The van der Waals surface area contributed by atoms with E-state index in [1.54, 1.807) is 5.56 Å². The fourth-order valence-electron chi connectivity index (χ4n) is 3.31. The van der Waals surface area contributed by atoms with Gasteiger partial charge in [-0.1, -0.05) is 31.0 Å². The van der Waals surface area contributed by atoms with E-state index >= 15 is 0 Å². The van der Waals surface area contributed by atoms with Gasteiger partial charge in [0.1, 0.15) is 0 Å². The zero-order valence-electron chi connectivity index (χ0n) is 11.0. The second-order valence-electron chi connectivity index (χ2n) is 5.40. The van der Waals surface area contributed by atoms with Gasteiger partial charge in [0, 0.05) is 10.7 Å². The molecular weight excluding hydrogens is 238 g/mol. The SMILES string of the molecule is CNC1CCCCC1Cc1csc2ccccc12. The molecule has 1 nitrogen and oxygen atoms in total. The summed E-state index contributed by atoms with van der Waals surface area (Å²) in [6, 6.07) is 9.53. The normalized spacial score (nSPS) is 24.5. The summed E-state index contributed by atoms with van der Waals surface area (Å²) < 4.78 is 1.43. The van der Waals surface area contributed by atoms with Gasteiger partial charge in [0.05, 0.1) is 0 Å². The highest BCUT2D eigenvalue weighted by Gasteiger charge is 2.24. The third kappa shape index (κ3) is 2.32. The largest absolute Gasteiger partial charge is 0.317 e. The van der Waals surface area contributed by atoms with Crippen molar-refractivity contribution >= 4 is 21.4 Å². The van der Waals surface area contributed by atoms with Crippen molar-refractivity contribution in [2.45, 2.75) is 38.1 Å². The van der Waals surface area contributed by atoms with E-state index in [2.05, 4.69) is 42.0 Å². The molecule has 0 saturated heterocycles. The predicted octanol–water partition coefficient (Wildman–Crippen LogP) is 4.22. The van der Waals surface area contributed by atoms with E-state index in [0.717, 1.165) is 12.0 Å². The molecule has 0 aliphatic heterocycles. The van der Waals surface area contributed by atoms with E-state index < -0.39 is 0 Å². The van der Waals surface area contributed by atoms with Crippen LogP contribution in [0.1, 0.15) is 31.2 Å². The quantitative estimate of drug-likeness (QED) is 0.870. The molecule has 2 unspecified atom stereocenters.